The minimum atomic E-state index is -1.75. The van der Waals surface area contributed by atoms with E-state index in [1.165, 1.54) is 56.3 Å². The van der Waals surface area contributed by atoms with Crippen LogP contribution in [0.15, 0.2) is 107 Å². The molecule has 0 saturated heterocycles. The van der Waals surface area contributed by atoms with Crippen molar-refractivity contribution >= 4 is 49.4 Å². The van der Waals surface area contributed by atoms with Crippen molar-refractivity contribution in [1.82, 2.24) is 19.6 Å². The van der Waals surface area contributed by atoms with E-state index in [4.69, 9.17) is 30.6 Å². The second-order valence-electron chi connectivity index (χ2n) is 11.3. The second-order valence-corrected chi connectivity index (χ2v) is 11.3. The van der Waals surface area contributed by atoms with Gasteiger partial charge in [0, 0.05) is 68.8 Å². The molecule has 0 heterocycles. The van der Waals surface area contributed by atoms with Gasteiger partial charge in [-0.05, 0) is 23.3 Å². The summed E-state index contributed by atoms with van der Waals surface area (Å²) in [7, 11) is 13.5. The number of carbonyl (C=O) groups is 4. The summed E-state index contributed by atoms with van der Waals surface area (Å²) < 4.78 is 0. The van der Waals surface area contributed by atoms with E-state index in [0.29, 0.717) is 22.5 Å². The molecule has 0 fully saturated rings. The SMILES string of the molecule is CN(C)C=O.CN(C)C=O.CN(C)C=O.CN(C)C=O.O=[N+]([O-])[O-].O=[N+]([O-])[O-].[Gd+3].[Gd+3].[O-]c1ccccc1C=Nc1ccccc1[O-].[O-]c1ccccc1C=Nc1ccccc1[O-]. The molecule has 24 heteroatoms. The molecule has 0 aromatic heterocycles. The van der Waals surface area contributed by atoms with Crippen molar-refractivity contribution in [3.8, 4) is 23.0 Å². The van der Waals surface area contributed by atoms with Gasteiger partial charge in [0.1, 0.15) is 0 Å². The molecule has 0 atom stereocenters. The first-order valence-corrected chi connectivity index (χ1v) is 16.3. The summed E-state index contributed by atoms with van der Waals surface area (Å²) in [6, 6.07) is 26.0. The third-order valence-corrected chi connectivity index (χ3v) is 5.10. The number of hydrogen-bond donors (Lipinski definition) is 0. The molecule has 4 aromatic rings. The van der Waals surface area contributed by atoms with Gasteiger partial charge in [0.05, 0.1) is 21.5 Å². The van der Waals surface area contributed by atoms with Crippen molar-refractivity contribution in [3.05, 3.63) is 139 Å². The Morgan fingerprint density at radius 1 is 0.403 bits per heavy atom. The molecular weight excluding hydrogens is 1110 g/mol. The second kappa shape index (κ2) is 44.9. The molecule has 4 aromatic carbocycles. The average Bonchev–Trinajstić information content (AvgIpc) is 3.19. The minimum absolute atomic E-state index is 0. The zero-order chi connectivity index (χ0) is 47.1. The van der Waals surface area contributed by atoms with Gasteiger partial charge in [-0.2, -0.15) is 0 Å². The molecule has 0 unspecified atom stereocenters. The zero-order valence-corrected chi connectivity index (χ0v) is 39.2. The number of carbonyl (C=O) groups excluding carboxylic acids is 4. The number of nitrogens with zero attached hydrogens (tertiary/aromatic N) is 8. The quantitative estimate of drug-likeness (QED) is 0.105. The van der Waals surface area contributed by atoms with Crippen molar-refractivity contribution < 1.29 is 130 Å². The molecule has 0 N–H and O–H groups in total. The van der Waals surface area contributed by atoms with Crippen LogP contribution in [0.4, 0.5) is 11.4 Å². The van der Waals surface area contributed by atoms with Crippen molar-refractivity contribution in [3.63, 3.8) is 0 Å². The van der Waals surface area contributed by atoms with Gasteiger partial charge < -0.3 is 70.7 Å². The first-order valence-electron chi connectivity index (χ1n) is 16.3. The number of para-hydroxylation sites is 6. The van der Waals surface area contributed by atoms with Crippen LogP contribution >= 0.6 is 0 Å². The summed E-state index contributed by atoms with van der Waals surface area (Å²) in [6.45, 7) is 0. The molecule has 0 aliphatic carbocycles. The zero-order valence-electron chi connectivity index (χ0n) is 34.7. The van der Waals surface area contributed by atoms with Crippen molar-refractivity contribution in [2.45, 2.75) is 0 Å². The van der Waals surface area contributed by atoms with Crippen LogP contribution in [0, 0.1) is 111 Å². The molecule has 22 nitrogen and oxygen atoms in total. The van der Waals surface area contributed by atoms with E-state index in [2.05, 4.69) is 9.98 Å². The summed E-state index contributed by atoms with van der Waals surface area (Å²) in [5.41, 5.74) is 1.63. The Morgan fingerprint density at radius 3 is 0.758 bits per heavy atom. The van der Waals surface area contributed by atoms with Crippen LogP contribution in [0.2, 0.25) is 0 Å². The van der Waals surface area contributed by atoms with Gasteiger partial charge in [0.25, 0.3) is 0 Å². The topological polar surface area (TPSA) is 331 Å². The van der Waals surface area contributed by atoms with E-state index in [0.717, 1.165) is 25.6 Å². The van der Waals surface area contributed by atoms with Gasteiger partial charge in [-0.1, -0.05) is 96.4 Å². The number of aliphatic imine (C=N–C) groups is 2. The molecule has 0 bridgehead atoms. The van der Waals surface area contributed by atoms with Crippen LogP contribution in [-0.2, 0) is 19.2 Å². The Bertz CT molecular complexity index is 1610. The number of rotatable bonds is 8. The fourth-order valence-electron chi connectivity index (χ4n) is 2.58. The Morgan fingerprint density at radius 2 is 0.581 bits per heavy atom. The van der Waals surface area contributed by atoms with Crippen LogP contribution in [0.1, 0.15) is 11.1 Å². The largest absolute Gasteiger partial charge is 3.00 e. The predicted octanol–water partition coefficient (Wildman–Crippen LogP) is 1.51. The minimum Gasteiger partial charge on any atom is -0.872 e. The smallest absolute Gasteiger partial charge is 0.872 e. The number of benzene rings is 4. The summed E-state index contributed by atoms with van der Waals surface area (Å²) >= 11 is 0. The number of amides is 4. The Labute approximate surface area is 423 Å². The van der Waals surface area contributed by atoms with E-state index in [-0.39, 0.29) is 103 Å². The van der Waals surface area contributed by atoms with Gasteiger partial charge in [-0.25, -0.2) is 0 Å². The average molecular weight is 1150 g/mol. The summed E-state index contributed by atoms with van der Waals surface area (Å²) in [6.07, 6.45) is 5.83. The van der Waals surface area contributed by atoms with Crippen LogP contribution in [-0.4, -0.2) is 124 Å². The maximum atomic E-state index is 11.4. The van der Waals surface area contributed by atoms with Crippen molar-refractivity contribution in [2.75, 3.05) is 56.4 Å². The van der Waals surface area contributed by atoms with Crippen LogP contribution in [0.25, 0.3) is 0 Å². The third-order valence-electron chi connectivity index (χ3n) is 5.10. The molecule has 0 aliphatic heterocycles. The summed E-state index contributed by atoms with van der Waals surface area (Å²) in [5, 5.41) is 74.9. The van der Waals surface area contributed by atoms with Crippen LogP contribution in [0.3, 0.4) is 0 Å². The van der Waals surface area contributed by atoms with Gasteiger partial charge in [-0.15, -0.1) is 11.5 Å². The molecule has 2 radical (unpaired) electrons. The van der Waals surface area contributed by atoms with E-state index in [1.807, 2.05) is 0 Å². The van der Waals surface area contributed by atoms with E-state index in [9.17, 15) is 39.6 Å². The van der Waals surface area contributed by atoms with Crippen molar-refractivity contribution in [2.24, 2.45) is 9.98 Å². The molecular formula is C38H46Gd2N8O14. The van der Waals surface area contributed by atoms with Gasteiger partial charge in [0.2, 0.25) is 25.6 Å². The Hall–Kier alpha value is -5.65. The Balaban J connectivity index is -0.000000157. The normalized spacial score (nSPS) is 8.52. The first-order chi connectivity index (χ1) is 28.1. The fraction of sp³-hybridized carbons (Fsp3) is 0.211. The van der Waals surface area contributed by atoms with Gasteiger partial charge in [-0.3, -0.25) is 29.2 Å². The maximum Gasteiger partial charge on any atom is 3.00 e. The van der Waals surface area contributed by atoms with Crippen LogP contribution < -0.4 is 20.4 Å². The standard InChI is InChI=1S/2C13H11NO2.4C3H7NO.2Gd.2NO3/c2*15-12-7-3-1-5-10(12)9-14-11-6-2-4-8-13(11)16;4*1-4(2)3-5;;;2*2-1(3)4/h2*1-9,15-16H;4*3H,1-2H3;;;;/q;;;;;;2*+3;2*-1/p-4. The molecule has 338 valence electrons. The van der Waals surface area contributed by atoms with Gasteiger partial charge in [0.15, 0.2) is 0 Å². The van der Waals surface area contributed by atoms with Gasteiger partial charge >= 0.3 is 79.9 Å². The maximum absolute atomic E-state index is 11.4. The molecule has 0 spiro atoms. The third kappa shape index (κ3) is 48.7. The van der Waals surface area contributed by atoms with E-state index in [1.54, 1.807) is 129 Å². The molecule has 62 heavy (non-hydrogen) atoms. The molecule has 4 rings (SSSR count). The molecule has 0 aliphatic rings. The number of hydrogen-bond acceptors (Lipinski definition) is 16. The fourth-order valence-corrected chi connectivity index (χ4v) is 2.58. The summed E-state index contributed by atoms with van der Waals surface area (Å²) in [5.74, 6) is -0.506. The molecule has 4 amide bonds. The first kappa shape index (κ1) is 68.1. The monoisotopic (exact) mass is 1150 g/mol. The van der Waals surface area contributed by atoms with Crippen LogP contribution in [0.5, 0.6) is 23.0 Å². The predicted molar refractivity (Wildman–Crippen MR) is 218 cm³/mol. The van der Waals surface area contributed by atoms with E-state index >= 15 is 0 Å². The summed E-state index contributed by atoms with van der Waals surface area (Å²) in [4.78, 5) is 68.0. The Kier molecular flexibility index (Phi) is 49.3. The van der Waals surface area contributed by atoms with Crippen molar-refractivity contribution in [1.29, 1.82) is 0 Å². The van der Waals surface area contributed by atoms with E-state index < -0.39 is 10.2 Å². The molecule has 0 saturated carbocycles.